The van der Waals surface area contributed by atoms with Crippen molar-refractivity contribution < 1.29 is 4.79 Å². The Bertz CT molecular complexity index is 601. The fourth-order valence-corrected chi connectivity index (χ4v) is 5.02. The fourth-order valence-electron chi connectivity index (χ4n) is 5.02. The fraction of sp³-hybridized carbons (Fsp3) is 0.650. The first-order chi connectivity index (χ1) is 11.1. The predicted octanol–water partition coefficient (Wildman–Crippen LogP) is 3.30. The molecule has 1 spiro atoms. The van der Waals surface area contributed by atoms with Crippen molar-refractivity contribution >= 4 is 18.3 Å². The molecule has 2 saturated heterocycles. The first-order valence-corrected chi connectivity index (χ1v) is 9.22. The van der Waals surface area contributed by atoms with E-state index in [4.69, 9.17) is 0 Å². The predicted molar refractivity (Wildman–Crippen MR) is 99.7 cm³/mol. The number of hydrogen-bond acceptors (Lipinski definition) is 2. The molecule has 1 amide bonds. The number of aryl methyl sites for hydroxylation is 1. The standard InChI is InChI=1S/C20H28N2O.ClH/c1-19(8-4-6-16-5-2-3-7-17(16)19)18(23)22-13-10-20(11-14-22)9-12-21-15-20;/h2-3,5,7,21H,4,6,8-15H2,1H3;1H. The highest BCUT2D eigenvalue weighted by Gasteiger charge is 2.44. The maximum absolute atomic E-state index is 13.4. The molecule has 1 unspecified atom stereocenters. The molecule has 0 aromatic heterocycles. The van der Waals surface area contributed by atoms with Crippen LogP contribution in [0.25, 0.3) is 0 Å². The summed E-state index contributed by atoms with van der Waals surface area (Å²) in [4.78, 5) is 15.5. The number of benzene rings is 1. The number of rotatable bonds is 1. The van der Waals surface area contributed by atoms with E-state index >= 15 is 0 Å². The quantitative estimate of drug-likeness (QED) is 0.844. The Morgan fingerprint density at radius 3 is 2.58 bits per heavy atom. The molecule has 0 saturated carbocycles. The van der Waals surface area contributed by atoms with E-state index < -0.39 is 0 Å². The molecule has 4 rings (SSSR count). The highest BCUT2D eigenvalue weighted by atomic mass is 35.5. The van der Waals surface area contributed by atoms with Crippen LogP contribution in [-0.2, 0) is 16.6 Å². The highest BCUT2D eigenvalue weighted by Crippen LogP contribution is 2.41. The van der Waals surface area contributed by atoms with Crippen LogP contribution < -0.4 is 5.32 Å². The number of likely N-dealkylation sites (tertiary alicyclic amines) is 1. The van der Waals surface area contributed by atoms with E-state index in [1.54, 1.807) is 0 Å². The van der Waals surface area contributed by atoms with E-state index in [-0.39, 0.29) is 17.8 Å². The van der Waals surface area contributed by atoms with Crippen LogP contribution in [0.3, 0.4) is 0 Å². The van der Waals surface area contributed by atoms with Gasteiger partial charge in [0, 0.05) is 19.6 Å². The van der Waals surface area contributed by atoms with Crippen LogP contribution in [0.1, 0.15) is 50.2 Å². The van der Waals surface area contributed by atoms with Crippen molar-refractivity contribution in [1.82, 2.24) is 10.2 Å². The number of fused-ring (bicyclic) bond motifs is 1. The topological polar surface area (TPSA) is 32.3 Å². The lowest BCUT2D eigenvalue weighted by Gasteiger charge is -2.44. The van der Waals surface area contributed by atoms with Crippen molar-refractivity contribution in [2.75, 3.05) is 26.2 Å². The summed E-state index contributed by atoms with van der Waals surface area (Å²) in [7, 11) is 0. The minimum absolute atomic E-state index is 0. The summed E-state index contributed by atoms with van der Waals surface area (Å²) in [6.45, 7) is 6.36. The largest absolute Gasteiger partial charge is 0.342 e. The van der Waals surface area contributed by atoms with Crippen LogP contribution in [0.4, 0.5) is 0 Å². The van der Waals surface area contributed by atoms with Crippen LogP contribution in [0, 0.1) is 5.41 Å². The molecule has 132 valence electrons. The molecule has 3 nitrogen and oxygen atoms in total. The molecular weight excluding hydrogens is 320 g/mol. The van der Waals surface area contributed by atoms with Gasteiger partial charge in [-0.1, -0.05) is 24.3 Å². The molecule has 1 atom stereocenters. The summed E-state index contributed by atoms with van der Waals surface area (Å²) in [6, 6.07) is 8.58. The summed E-state index contributed by atoms with van der Waals surface area (Å²) in [6.07, 6.45) is 6.86. The Hall–Kier alpha value is -1.06. The van der Waals surface area contributed by atoms with Gasteiger partial charge in [-0.05, 0) is 68.5 Å². The van der Waals surface area contributed by atoms with Gasteiger partial charge in [-0.25, -0.2) is 0 Å². The van der Waals surface area contributed by atoms with Crippen LogP contribution in [0.5, 0.6) is 0 Å². The second-order valence-electron chi connectivity index (χ2n) is 8.06. The molecule has 1 aliphatic carbocycles. The smallest absolute Gasteiger partial charge is 0.232 e. The normalized spacial score (nSPS) is 28.3. The van der Waals surface area contributed by atoms with Crippen molar-refractivity contribution in [2.24, 2.45) is 5.41 Å². The average Bonchev–Trinajstić information content (AvgIpc) is 3.04. The van der Waals surface area contributed by atoms with E-state index in [1.807, 2.05) is 0 Å². The number of amides is 1. The summed E-state index contributed by atoms with van der Waals surface area (Å²) in [5.41, 5.74) is 2.82. The minimum Gasteiger partial charge on any atom is -0.342 e. The molecule has 1 N–H and O–H groups in total. The third-order valence-electron chi connectivity index (χ3n) is 6.65. The van der Waals surface area contributed by atoms with Crippen molar-refractivity contribution in [3.05, 3.63) is 35.4 Å². The van der Waals surface area contributed by atoms with E-state index in [0.29, 0.717) is 11.3 Å². The van der Waals surface area contributed by atoms with Crippen LogP contribution in [0.2, 0.25) is 0 Å². The zero-order chi connectivity index (χ0) is 15.9. The summed E-state index contributed by atoms with van der Waals surface area (Å²) < 4.78 is 0. The number of carbonyl (C=O) groups is 1. The molecule has 2 fully saturated rings. The SMILES string of the molecule is CC1(C(=O)N2CCC3(CCNC3)CC2)CCCc2ccccc21.Cl. The lowest BCUT2D eigenvalue weighted by Crippen LogP contribution is -2.51. The molecule has 1 aromatic carbocycles. The molecule has 2 heterocycles. The van der Waals surface area contributed by atoms with Gasteiger partial charge in [-0.3, -0.25) is 4.79 Å². The second-order valence-corrected chi connectivity index (χ2v) is 8.06. The molecule has 4 heteroatoms. The zero-order valence-electron chi connectivity index (χ0n) is 14.6. The Kier molecular flexibility index (Phi) is 4.94. The minimum atomic E-state index is -0.312. The van der Waals surface area contributed by atoms with Gasteiger partial charge >= 0.3 is 0 Å². The van der Waals surface area contributed by atoms with Gasteiger partial charge in [0.2, 0.25) is 5.91 Å². The van der Waals surface area contributed by atoms with Crippen molar-refractivity contribution in [1.29, 1.82) is 0 Å². The number of nitrogens with one attached hydrogen (secondary N) is 1. The molecule has 0 bridgehead atoms. The maximum Gasteiger partial charge on any atom is 0.232 e. The Balaban J connectivity index is 0.00000169. The van der Waals surface area contributed by atoms with Gasteiger partial charge in [0.15, 0.2) is 0 Å². The summed E-state index contributed by atoms with van der Waals surface area (Å²) >= 11 is 0. The first kappa shape index (κ1) is 17.8. The van der Waals surface area contributed by atoms with Crippen molar-refractivity contribution in [2.45, 2.75) is 50.9 Å². The van der Waals surface area contributed by atoms with Crippen molar-refractivity contribution in [3.8, 4) is 0 Å². The van der Waals surface area contributed by atoms with Gasteiger partial charge in [0.1, 0.15) is 0 Å². The monoisotopic (exact) mass is 348 g/mol. The third-order valence-corrected chi connectivity index (χ3v) is 6.65. The molecular formula is C20H29ClN2O. The first-order valence-electron chi connectivity index (χ1n) is 9.22. The van der Waals surface area contributed by atoms with Crippen LogP contribution in [-0.4, -0.2) is 37.0 Å². The van der Waals surface area contributed by atoms with Crippen LogP contribution in [0.15, 0.2) is 24.3 Å². The maximum atomic E-state index is 13.4. The third kappa shape index (κ3) is 2.86. The van der Waals surface area contributed by atoms with Gasteiger partial charge in [0.05, 0.1) is 5.41 Å². The van der Waals surface area contributed by atoms with Gasteiger partial charge in [-0.2, -0.15) is 0 Å². The van der Waals surface area contributed by atoms with Gasteiger partial charge in [0.25, 0.3) is 0 Å². The van der Waals surface area contributed by atoms with E-state index in [9.17, 15) is 4.79 Å². The average molecular weight is 349 g/mol. The zero-order valence-corrected chi connectivity index (χ0v) is 15.5. The molecule has 1 aromatic rings. The lowest BCUT2D eigenvalue weighted by atomic mass is 9.69. The number of halogens is 1. The lowest BCUT2D eigenvalue weighted by molar-refractivity contribution is -0.139. The van der Waals surface area contributed by atoms with E-state index in [1.165, 1.54) is 30.4 Å². The van der Waals surface area contributed by atoms with E-state index in [2.05, 4.69) is 41.4 Å². The van der Waals surface area contributed by atoms with Gasteiger partial charge < -0.3 is 10.2 Å². The van der Waals surface area contributed by atoms with Crippen LogP contribution >= 0.6 is 12.4 Å². The summed E-state index contributed by atoms with van der Waals surface area (Å²) in [5.74, 6) is 0.366. The number of nitrogens with zero attached hydrogens (tertiary/aromatic N) is 1. The number of piperidine rings is 1. The van der Waals surface area contributed by atoms with E-state index in [0.717, 1.165) is 45.4 Å². The van der Waals surface area contributed by atoms with Gasteiger partial charge in [-0.15, -0.1) is 12.4 Å². The molecule has 2 aliphatic heterocycles. The Morgan fingerprint density at radius 2 is 1.88 bits per heavy atom. The van der Waals surface area contributed by atoms with Crippen molar-refractivity contribution in [3.63, 3.8) is 0 Å². The number of carbonyl (C=O) groups excluding carboxylic acids is 1. The molecule has 3 aliphatic rings. The highest BCUT2D eigenvalue weighted by molar-refractivity contribution is 5.88. The number of hydrogen-bond donors (Lipinski definition) is 1. The summed E-state index contributed by atoms with van der Waals surface area (Å²) in [5, 5.41) is 3.51. The Morgan fingerprint density at radius 1 is 1.12 bits per heavy atom. The molecule has 24 heavy (non-hydrogen) atoms. The Labute approximate surface area is 151 Å². The molecule has 0 radical (unpaired) electrons. The second kappa shape index (κ2) is 6.68.